The fourth-order valence-corrected chi connectivity index (χ4v) is 2.36. The fraction of sp³-hybridized carbons (Fsp3) is 0.571. The van der Waals surface area contributed by atoms with E-state index in [0.717, 1.165) is 24.9 Å². The van der Waals surface area contributed by atoms with E-state index in [-0.39, 0.29) is 11.9 Å². The van der Waals surface area contributed by atoms with E-state index in [4.69, 9.17) is 4.74 Å². The fourth-order valence-electron chi connectivity index (χ4n) is 2.36. The molecule has 5 heteroatoms. The standard InChI is InChI=1S/C14H21N3O2/c1-10-5-7-15-12(8-10)13(18)17-9-11-4-3-6-16-14(11)19-2/h3-4,6,10,12,15H,5,7-9H2,1-2H3,(H,17,18). The van der Waals surface area contributed by atoms with Gasteiger partial charge < -0.3 is 15.4 Å². The van der Waals surface area contributed by atoms with E-state index in [1.54, 1.807) is 13.3 Å². The molecule has 1 aliphatic heterocycles. The van der Waals surface area contributed by atoms with Crippen molar-refractivity contribution in [3.05, 3.63) is 23.9 Å². The van der Waals surface area contributed by atoms with Crippen molar-refractivity contribution in [2.45, 2.75) is 32.4 Å². The molecule has 0 bridgehead atoms. The number of hydrogen-bond acceptors (Lipinski definition) is 4. The maximum atomic E-state index is 12.1. The highest BCUT2D eigenvalue weighted by Crippen LogP contribution is 2.16. The molecule has 0 aromatic carbocycles. The number of carbonyl (C=O) groups is 1. The summed E-state index contributed by atoms with van der Waals surface area (Å²) in [4.78, 5) is 16.2. The second-order valence-corrected chi connectivity index (χ2v) is 5.03. The Kier molecular flexibility index (Phi) is 4.74. The van der Waals surface area contributed by atoms with Crippen molar-refractivity contribution in [1.29, 1.82) is 0 Å². The van der Waals surface area contributed by atoms with Gasteiger partial charge in [0.25, 0.3) is 0 Å². The first-order valence-corrected chi connectivity index (χ1v) is 6.69. The van der Waals surface area contributed by atoms with E-state index >= 15 is 0 Å². The van der Waals surface area contributed by atoms with Gasteiger partial charge in [-0.2, -0.15) is 0 Å². The van der Waals surface area contributed by atoms with Crippen molar-refractivity contribution < 1.29 is 9.53 Å². The van der Waals surface area contributed by atoms with Crippen molar-refractivity contribution in [3.8, 4) is 5.88 Å². The summed E-state index contributed by atoms with van der Waals surface area (Å²) in [5.74, 6) is 1.22. The van der Waals surface area contributed by atoms with Gasteiger partial charge in [0, 0.05) is 18.3 Å². The molecule has 1 amide bonds. The Balaban J connectivity index is 1.89. The summed E-state index contributed by atoms with van der Waals surface area (Å²) in [5.41, 5.74) is 0.891. The van der Waals surface area contributed by atoms with Crippen molar-refractivity contribution in [3.63, 3.8) is 0 Å². The number of methoxy groups -OCH3 is 1. The van der Waals surface area contributed by atoms with Crippen LogP contribution >= 0.6 is 0 Å². The van der Waals surface area contributed by atoms with Gasteiger partial charge in [-0.15, -0.1) is 0 Å². The third-order valence-electron chi connectivity index (χ3n) is 3.48. The van der Waals surface area contributed by atoms with Crippen LogP contribution in [0.2, 0.25) is 0 Å². The first-order chi connectivity index (χ1) is 9.20. The van der Waals surface area contributed by atoms with E-state index in [0.29, 0.717) is 18.3 Å². The Hall–Kier alpha value is -1.62. The number of nitrogens with one attached hydrogen (secondary N) is 2. The number of rotatable bonds is 4. The highest BCUT2D eigenvalue weighted by atomic mass is 16.5. The van der Waals surface area contributed by atoms with Crippen LogP contribution in [-0.2, 0) is 11.3 Å². The van der Waals surface area contributed by atoms with Gasteiger partial charge in [0.1, 0.15) is 0 Å². The minimum atomic E-state index is -0.0774. The van der Waals surface area contributed by atoms with Crippen LogP contribution in [0.1, 0.15) is 25.3 Å². The van der Waals surface area contributed by atoms with E-state index < -0.39 is 0 Å². The number of carbonyl (C=O) groups excluding carboxylic acids is 1. The number of hydrogen-bond donors (Lipinski definition) is 2. The largest absolute Gasteiger partial charge is 0.481 e. The minimum absolute atomic E-state index is 0.0532. The first kappa shape index (κ1) is 13.8. The molecule has 0 saturated carbocycles. The molecule has 2 N–H and O–H groups in total. The molecule has 104 valence electrons. The number of nitrogens with zero attached hydrogens (tertiary/aromatic N) is 1. The van der Waals surface area contributed by atoms with Gasteiger partial charge in [0.2, 0.25) is 11.8 Å². The molecule has 5 nitrogen and oxygen atoms in total. The molecule has 1 aromatic rings. The lowest BCUT2D eigenvalue weighted by atomic mass is 9.94. The van der Waals surface area contributed by atoms with Crippen LogP contribution in [0, 0.1) is 5.92 Å². The zero-order valence-electron chi connectivity index (χ0n) is 11.5. The second kappa shape index (κ2) is 6.52. The van der Waals surface area contributed by atoms with Gasteiger partial charge >= 0.3 is 0 Å². The summed E-state index contributed by atoms with van der Waals surface area (Å²) in [6, 6.07) is 3.67. The predicted octanol–water partition coefficient (Wildman–Crippen LogP) is 1.09. The van der Waals surface area contributed by atoms with Gasteiger partial charge in [-0.05, 0) is 31.4 Å². The quantitative estimate of drug-likeness (QED) is 0.853. The summed E-state index contributed by atoms with van der Waals surface area (Å²) < 4.78 is 5.16. The monoisotopic (exact) mass is 263 g/mol. The molecule has 1 saturated heterocycles. The lowest BCUT2D eigenvalue weighted by molar-refractivity contribution is -0.124. The zero-order valence-corrected chi connectivity index (χ0v) is 11.5. The molecule has 0 aliphatic carbocycles. The topological polar surface area (TPSA) is 63.2 Å². The smallest absolute Gasteiger partial charge is 0.237 e. The molecule has 1 fully saturated rings. The molecular formula is C14H21N3O2. The second-order valence-electron chi connectivity index (χ2n) is 5.03. The normalized spacial score (nSPS) is 22.8. The Morgan fingerprint density at radius 3 is 3.21 bits per heavy atom. The van der Waals surface area contributed by atoms with E-state index in [9.17, 15) is 4.79 Å². The van der Waals surface area contributed by atoms with Crippen molar-refractivity contribution >= 4 is 5.91 Å². The van der Waals surface area contributed by atoms with Crippen LogP contribution in [0.5, 0.6) is 5.88 Å². The van der Waals surface area contributed by atoms with Gasteiger partial charge in [-0.25, -0.2) is 4.98 Å². The number of ether oxygens (including phenoxy) is 1. The Morgan fingerprint density at radius 2 is 2.47 bits per heavy atom. The maximum absolute atomic E-state index is 12.1. The summed E-state index contributed by atoms with van der Waals surface area (Å²) in [5, 5.41) is 6.20. The Labute approximate surface area is 113 Å². The third kappa shape index (κ3) is 3.67. The molecule has 1 aliphatic rings. The predicted molar refractivity (Wildman–Crippen MR) is 72.8 cm³/mol. The molecule has 2 unspecified atom stereocenters. The molecule has 2 heterocycles. The van der Waals surface area contributed by atoms with Crippen molar-refractivity contribution in [2.24, 2.45) is 5.92 Å². The summed E-state index contributed by atoms with van der Waals surface area (Å²) >= 11 is 0. The van der Waals surface area contributed by atoms with Gasteiger partial charge in [-0.1, -0.05) is 13.0 Å². The molecule has 0 radical (unpaired) electrons. The average molecular weight is 263 g/mol. The molecular weight excluding hydrogens is 242 g/mol. The van der Waals surface area contributed by atoms with Crippen LogP contribution < -0.4 is 15.4 Å². The summed E-state index contributed by atoms with van der Waals surface area (Å²) in [6.45, 7) is 3.54. The average Bonchev–Trinajstić information content (AvgIpc) is 2.45. The summed E-state index contributed by atoms with van der Waals surface area (Å²) in [7, 11) is 1.58. The van der Waals surface area contributed by atoms with Crippen molar-refractivity contribution in [2.75, 3.05) is 13.7 Å². The van der Waals surface area contributed by atoms with Gasteiger partial charge in [0.15, 0.2) is 0 Å². The van der Waals surface area contributed by atoms with Crippen LogP contribution in [0.4, 0.5) is 0 Å². The van der Waals surface area contributed by atoms with E-state index in [1.807, 2.05) is 12.1 Å². The SMILES string of the molecule is COc1ncccc1CNC(=O)C1CC(C)CCN1. The highest BCUT2D eigenvalue weighted by Gasteiger charge is 2.24. The van der Waals surface area contributed by atoms with Crippen molar-refractivity contribution in [1.82, 2.24) is 15.6 Å². The first-order valence-electron chi connectivity index (χ1n) is 6.69. The molecule has 0 spiro atoms. The van der Waals surface area contributed by atoms with Crippen LogP contribution in [0.3, 0.4) is 0 Å². The highest BCUT2D eigenvalue weighted by molar-refractivity contribution is 5.81. The molecule has 2 rings (SSSR count). The minimum Gasteiger partial charge on any atom is -0.481 e. The van der Waals surface area contributed by atoms with E-state index in [2.05, 4.69) is 22.5 Å². The third-order valence-corrected chi connectivity index (χ3v) is 3.48. The number of amides is 1. The van der Waals surface area contributed by atoms with Crippen LogP contribution in [-0.4, -0.2) is 30.6 Å². The number of piperidine rings is 1. The number of pyridine rings is 1. The van der Waals surface area contributed by atoms with E-state index in [1.165, 1.54) is 0 Å². The summed E-state index contributed by atoms with van der Waals surface area (Å²) in [6.07, 6.45) is 3.71. The van der Waals surface area contributed by atoms with Crippen LogP contribution in [0.25, 0.3) is 0 Å². The number of aromatic nitrogens is 1. The Morgan fingerprint density at radius 1 is 1.63 bits per heavy atom. The van der Waals surface area contributed by atoms with Gasteiger partial charge in [0.05, 0.1) is 13.2 Å². The zero-order chi connectivity index (χ0) is 13.7. The Bertz CT molecular complexity index is 436. The lowest BCUT2D eigenvalue weighted by Gasteiger charge is -2.27. The molecule has 19 heavy (non-hydrogen) atoms. The lowest BCUT2D eigenvalue weighted by Crippen LogP contribution is -2.48. The van der Waals surface area contributed by atoms with Crippen LogP contribution in [0.15, 0.2) is 18.3 Å². The molecule has 2 atom stereocenters. The maximum Gasteiger partial charge on any atom is 0.237 e. The van der Waals surface area contributed by atoms with Gasteiger partial charge in [-0.3, -0.25) is 4.79 Å². The molecule has 1 aromatic heterocycles.